The minimum absolute atomic E-state index is 0.183. The van der Waals surface area contributed by atoms with Crippen molar-refractivity contribution >= 4 is 23.4 Å². The molecule has 2 amide bonds. The summed E-state index contributed by atoms with van der Waals surface area (Å²) in [7, 11) is 0. The Morgan fingerprint density at radius 1 is 1.25 bits per heavy atom. The van der Waals surface area contributed by atoms with Gasteiger partial charge in [0.05, 0.1) is 23.7 Å². The molecule has 3 N–H and O–H groups in total. The molecule has 1 aromatic carbocycles. The van der Waals surface area contributed by atoms with Crippen LogP contribution in [0.3, 0.4) is 0 Å². The molecule has 0 unspecified atom stereocenters. The molecule has 0 aliphatic rings. The number of nitrogens with one attached hydrogen (secondary N) is 2. The zero-order valence-corrected chi connectivity index (χ0v) is 11.1. The van der Waals surface area contributed by atoms with E-state index in [1.807, 2.05) is 5.32 Å². The van der Waals surface area contributed by atoms with Crippen molar-refractivity contribution in [1.82, 2.24) is 10.6 Å². The lowest BCUT2D eigenvalue weighted by molar-refractivity contribution is -0.123. The zero-order chi connectivity index (χ0) is 15.2. The second-order valence-corrected chi connectivity index (χ2v) is 4.36. The third-order valence-corrected chi connectivity index (χ3v) is 2.63. The second kappa shape index (κ2) is 7.16. The van der Waals surface area contributed by atoms with E-state index in [0.717, 1.165) is 0 Å². The van der Waals surface area contributed by atoms with E-state index >= 15 is 0 Å². The van der Waals surface area contributed by atoms with Crippen molar-refractivity contribution in [2.75, 3.05) is 19.7 Å². The maximum atomic E-state index is 12.7. The molecule has 0 heterocycles. The minimum atomic E-state index is -3.39. The summed E-state index contributed by atoms with van der Waals surface area (Å²) in [5, 5.41) is 12.7. The van der Waals surface area contributed by atoms with E-state index in [0.29, 0.717) is 0 Å². The van der Waals surface area contributed by atoms with Crippen molar-refractivity contribution in [3.8, 4) is 0 Å². The summed E-state index contributed by atoms with van der Waals surface area (Å²) < 4.78 is 25.3. The van der Waals surface area contributed by atoms with Crippen LogP contribution in [0.2, 0.25) is 5.02 Å². The number of halogens is 3. The fourth-order valence-corrected chi connectivity index (χ4v) is 1.47. The van der Waals surface area contributed by atoms with Crippen molar-refractivity contribution < 1.29 is 23.5 Å². The minimum Gasteiger partial charge on any atom is -0.390 e. The summed E-state index contributed by atoms with van der Waals surface area (Å²) in [5.41, 5.74) is 0.183. The van der Waals surface area contributed by atoms with Gasteiger partial charge in [0.25, 0.3) is 11.8 Å². The molecule has 5 nitrogen and oxygen atoms in total. The van der Waals surface area contributed by atoms with Crippen LogP contribution in [0.1, 0.15) is 10.4 Å². The molecule has 0 radical (unpaired) electrons. The third-order valence-electron chi connectivity index (χ3n) is 2.30. The number of rotatable bonds is 6. The van der Waals surface area contributed by atoms with Crippen molar-refractivity contribution in [2.45, 2.75) is 5.92 Å². The van der Waals surface area contributed by atoms with Crippen LogP contribution in [0.5, 0.6) is 0 Å². The number of benzene rings is 1. The number of hydrogen-bond acceptors (Lipinski definition) is 3. The number of carbonyl (C=O) groups is 2. The second-order valence-electron chi connectivity index (χ2n) is 3.95. The molecule has 0 aliphatic carbocycles. The van der Waals surface area contributed by atoms with Gasteiger partial charge < -0.3 is 15.7 Å². The molecule has 110 valence electrons. The van der Waals surface area contributed by atoms with E-state index < -0.39 is 37.4 Å². The monoisotopic (exact) mass is 306 g/mol. The molecule has 0 saturated carbocycles. The highest BCUT2D eigenvalue weighted by Gasteiger charge is 2.28. The maximum absolute atomic E-state index is 12.7. The molecule has 0 bridgehead atoms. The lowest BCUT2D eigenvalue weighted by atomic mass is 10.2. The Morgan fingerprint density at radius 3 is 2.50 bits per heavy atom. The van der Waals surface area contributed by atoms with Crippen molar-refractivity contribution in [3.05, 3.63) is 34.9 Å². The van der Waals surface area contributed by atoms with Crippen LogP contribution >= 0.6 is 11.6 Å². The molecule has 0 saturated heterocycles. The Hall–Kier alpha value is -1.73. The standard InChI is InChI=1S/C12H13ClF2N2O3/c13-9-4-2-1-3-8(9)11(20)16-5-10(19)17-6-12(14,15)7-18/h1-4,18H,5-7H2,(H,16,20)(H,17,19). The molecule has 0 atom stereocenters. The first-order valence-electron chi connectivity index (χ1n) is 5.64. The first-order valence-corrected chi connectivity index (χ1v) is 6.01. The average molecular weight is 307 g/mol. The Kier molecular flexibility index (Phi) is 5.84. The summed E-state index contributed by atoms with van der Waals surface area (Å²) in [4.78, 5) is 22.9. The first kappa shape index (κ1) is 16.3. The predicted octanol–water partition coefficient (Wildman–Crippen LogP) is 0.814. The van der Waals surface area contributed by atoms with Crippen LogP contribution in [0, 0.1) is 0 Å². The van der Waals surface area contributed by atoms with Crippen LogP contribution in [0.15, 0.2) is 24.3 Å². The van der Waals surface area contributed by atoms with Gasteiger partial charge in [-0.15, -0.1) is 0 Å². The van der Waals surface area contributed by atoms with Crippen LogP contribution in [0.4, 0.5) is 8.78 Å². The number of carbonyl (C=O) groups excluding carboxylic acids is 2. The molecule has 0 aromatic heterocycles. The number of hydrogen-bond donors (Lipinski definition) is 3. The number of aliphatic hydroxyl groups is 1. The number of amides is 2. The van der Waals surface area contributed by atoms with Gasteiger partial charge in [-0.1, -0.05) is 23.7 Å². The van der Waals surface area contributed by atoms with Gasteiger partial charge in [0.2, 0.25) is 5.91 Å². The Labute approximate surface area is 118 Å². The van der Waals surface area contributed by atoms with Crippen LogP contribution < -0.4 is 10.6 Å². The van der Waals surface area contributed by atoms with Crippen molar-refractivity contribution in [3.63, 3.8) is 0 Å². The Balaban J connectivity index is 2.42. The summed E-state index contributed by atoms with van der Waals surface area (Å²) in [6, 6.07) is 6.22. The molecule has 0 fully saturated rings. The number of aliphatic hydroxyl groups excluding tert-OH is 1. The lowest BCUT2D eigenvalue weighted by Gasteiger charge is -2.14. The van der Waals surface area contributed by atoms with Gasteiger partial charge in [-0.05, 0) is 12.1 Å². The van der Waals surface area contributed by atoms with Crippen LogP contribution in [0.25, 0.3) is 0 Å². The molecule has 0 spiro atoms. The highest BCUT2D eigenvalue weighted by Crippen LogP contribution is 2.14. The zero-order valence-electron chi connectivity index (χ0n) is 10.3. The molecular formula is C12H13ClF2N2O3. The van der Waals surface area contributed by atoms with Gasteiger partial charge >= 0.3 is 0 Å². The third kappa shape index (κ3) is 5.10. The van der Waals surface area contributed by atoms with Crippen molar-refractivity contribution in [1.29, 1.82) is 0 Å². The fraction of sp³-hybridized carbons (Fsp3) is 0.333. The van der Waals surface area contributed by atoms with E-state index in [9.17, 15) is 18.4 Å². The molecule has 8 heteroatoms. The number of alkyl halides is 2. The quantitative estimate of drug-likeness (QED) is 0.728. The maximum Gasteiger partial charge on any atom is 0.287 e. The van der Waals surface area contributed by atoms with Gasteiger partial charge in [0.15, 0.2) is 0 Å². The van der Waals surface area contributed by atoms with Crippen molar-refractivity contribution in [2.24, 2.45) is 0 Å². The summed E-state index contributed by atoms with van der Waals surface area (Å²) in [6.07, 6.45) is 0. The average Bonchev–Trinajstić information content (AvgIpc) is 2.43. The molecular weight excluding hydrogens is 294 g/mol. The molecule has 20 heavy (non-hydrogen) atoms. The Morgan fingerprint density at radius 2 is 1.90 bits per heavy atom. The van der Waals surface area contributed by atoms with E-state index in [2.05, 4.69) is 5.32 Å². The van der Waals surface area contributed by atoms with E-state index in [-0.39, 0.29) is 10.6 Å². The highest BCUT2D eigenvalue weighted by molar-refractivity contribution is 6.33. The predicted molar refractivity (Wildman–Crippen MR) is 68.8 cm³/mol. The topological polar surface area (TPSA) is 78.4 Å². The highest BCUT2D eigenvalue weighted by atomic mass is 35.5. The summed E-state index contributed by atoms with van der Waals surface area (Å²) >= 11 is 5.79. The van der Waals surface area contributed by atoms with Crippen LogP contribution in [-0.4, -0.2) is 42.5 Å². The largest absolute Gasteiger partial charge is 0.390 e. The Bertz CT molecular complexity index is 497. The lowest BCUT2D eigenvalue weighted by Crippen LogP contribution is -2.43. The smallest absolute Gasteiger partial charge is 0.287 e. The van der Waals surface area contributed by atoms with E-state index in [1.165, 1.54) is 12.1 Å². The summed E-state index contributed by atoms with van der Waals surface area (Å²) in [6.45, 7) is -2.82. The van der Waals surface area contributed by atoms with E-state index in [1.54, 1.807) is 12.1 Å². The van der Waals surface area contributed by atoms with Gasteiger partial charge in [0.1, 0.15) is 6.61 Å². The molecule has 1 aromatic rings. The molecule has 0 aliphatic heterocycles. The van der Waals surface area contributed by atoms with Crippen LogP contribution in [-0.2, 0) is 4.79 Å². The van der Waals surface area contributed by atoms with E-state index in [4.69, 9.17) is 16.7 Å². The van der Waals surface area contributed by atoms with Gasteiger partial charge in [0, 0.05) is 0 Å². The van der Waals surface area contributed by atoms with Gasteiger partial charge in [-0.3, -0.25) is 9.59 Å². The normalized spacial score (nSPS) is 11.0. The molecule has 1 rings (SSSR count). The van der Waals surface area contributed by atoms with Gasteiger partial charge in [-0.25, -0.2) is 8.78 Å². The summed E-state index contributed by atoms with van der Waals surface area (Å²) in [5.74, 6) is -4.76. The van der Waals surface area contributed by atoms with Gasteiger partial charge in [-0.2, -0.15) is 0 Å². The first-order chi connectivity index (χ1) is 9.35. The fourth-order valence-electron chi connectivity index (χ4n) is 1.25. The SMILES string of the molecule is O=C(CNC(=O)c1ccccc1Cl)NCC(F)(F)CO.